The van der Waals surface area contributed by atoms with Crippen molar-refractivity contribution in [2.75, 3.05) is 11.9 Å². The van der Waals surface area contributed by atoms with Gasteiger partial charge in [-0.05, 0) is 30.3 Å². The second-order valence-corrected chi connectivity index (χ2v) is 6.40. The smallest absolute Gasteiger partial charge is 0.181 e. The predicted molar refractivity (Wildman–Crippen MR) is 99.2 cm³/mol. The van der Waals surface area contributed by atoms with Gasteiger partial charge in [0.2, 0.25) is 0 Å². The number of nitrogens with one attached hydrogen (secondary N) is 2. The van der Waals surface area contributed by atoms with Crippen LogP contribution in [0.4, 0.5) is 5.69 Å². The molecule has 7 heteroatoms. The van der Waals surface area contributed by atoms with E-state index in [0.29, 0.717) is 17.9 Å². The summed E-state index contributed by atoms with van der Waals surface area (Å²) in [4.78, 5) is 3.97. The van der Waals surface area contributed by atoms with Crippen molar-refractivity contribution in [3.63, 3.8) is 0 Å². The van der Waals surface area contributed by atoms with Crippen molar-refractivity contribution in [1.82, 2.24) is 15.2 Å². The van der Waals surface area contributed by atoms with Gasteiger partial charge in [0.1, 0.15) is 11.4 Å². The van der Waals surface area contributed by atoms with Gasteiger partial charge in [0.25, 0.3) is 0 Å². The van der Waals surface area contributed by atoms with E-state index in [1.54, 1.807) is 12.3 Å². The van der Waals surface area contributed by atoms with Crippen molar-refractivity contribution >= 4 is 16.6 Å². The molecule has 0 saturated heterocycles. The highest BCUT2D eigenvalue weighted by molar-refractivity contribution is 5.93. The topological polar surface area (TPSA) is 99.8 Å². The summed E-state index contributed by atoms with van der Waals surface area (Å²) in [6, 6.07) is 13.9. The first-order valence-corrected chi connectivity index (χ1v) is 8.62. The quantitative estimate of drug-likeness (QED) is 0.574. The highest BCUT2D eigenvalue weighted by Gasteiger charge is 2.22. The second-order valence-electron chi connectivity index (χ2n) is 6.40. The SMILES string of the molecule is N#Cc1ccc2c(c1)OCCC2Nc1ccc2[nH]nc(-c3cnco3)c2c1. The first-order chi connectivity index (χ1) is 13.3. The Hall–Kier alpha value is -3.79. The third-order valence-corrected chi connectivity index (χ3v) is 4.75. The number of ether oxygens (including phenoxy) is 1. The highest BCUT2D eigenvalue weighted by atomic mass is 16.5. The van der Waals surface area contributed by atoms with Gasteiger partial charge in [-0.3, -0.25) is 5.10 Å². The summed E-state index contributed by atoms with van der Waals surface area (Å²) in [6.07, 6.45) is 3.89. The number of benzene rings is 2. The van der Waals surface area contributed by atoms with E-state index in [4.69, 9.17) is 14.4 Å². The van der Waals surface area contributed by atoms with Crippen LogP contribution >= 0.6 is 0 Å². The van der Waals surface area contributed by atoms with Crippen molar-refractivity contribution in [2.24, 2.45) is 0 Å². The zero-order valence-corrected chi connectivity index (χ0v) is 14.3. The molecule has 7 nitrogen and oxygen atoms in total. The van der Waals surface area contributed by atoms with Gasteiger partial charge in [0.05, 0.1) is 36.0 Å². The van der Waals surface area contributed by atoms with Gasteiger partial charge in [0, 0.05) is 23.1 Å². The van der Waals surface area contributed by atoms with Crippen LogP contribution in [-0.2, 0) is 0 Å². The molecule has 1 atom stereocenters. The zero-order valence-electron chi connectivity index (χ0n) is 14.3. The van der Waals surface area contributed by atoms with Crippen LogP contribution in [0, 0.1) is 11.3 Å². The largest absolute Gasteiger partial charge is 0.493 e. The third-order valence-electron chi connectivity index (χ3n) is 4.75. The normalized spacial score (nSPS) is 15.7. The van der Waals surface area contributed by atoms with Crippen LogP contribution in [0.3, 0.4) is 0 Å². The van der Waals surface area contributed by atoms with Crippen LogP contribution in [0.5, 0.6) is 5.75 Å². The molecule has 1 unspecified atom stereocenters. The Morgan fingerprint density at radius 3 is 3.04 bits per heavy atom. The Labute approximate surface area is 154 Å². The molecule has 1 aliphatic rings. The van der Waals surface area contributed by atoms with Crippen molar-refractivity contribution in [2.45, 2.75) is 12.5 Å². The minimum atomic E-state index is 0.111. The molecule has 0 fully saturated rings. The van der Waals surface area contributed by atoms with Crippen LogP contribution in [0.15, 0.2) is 53.4 Å². The van der Waals surface area contributed by atoms with Crippen LogP contribution in [0.1, 0.15) is 23.6 Å². The number of aromatic nitrogens is 3. The first-order valence-electron chi connectivity index (χ1n) is 8.62. The number of nitriles is 1. The number of hydrogen-bond acceptors (Lipinski definition) is 6. The Balaban J connectivity index is 1.49. The van der Waals surface area contributed by atoms with E-state index >= 15 is 0 Å². The molecule has 2 aromatic heterocycles. The summed E-state index contributed by atoms with van der Waals surface area (Å²) in [5.74, 6) is 1.39. The molecule has 1 aliphatic heterocycles. The Morgan fingerprint density at radius 1 is 1.22 bits per heavy atom. The molecule has 132 valence electrons. The molecule has 0 bridgehead atoms. The number of nitrogens with zero attached hydrogens (tertiary/aromatic N) is 3. The number of hydrogen-bond donors (Lipinski definition) is 2. The lowest BCUT2D eigenvalue weighted by Crippen LogP contribution is -2.20. The average Bonchev–Trinajstić information content (AvgIpc) is 3.37. The van der Waals surface area contributed by atoms with E-state index in [1.165, 1.54) is 6.39 Å². The van der Waals surface area contributed by atoms with Crippen molar-refractivity contribution in [3.8, 4) is 23.3 Å². The second kappa shape index (κ2) is 6.18. The number of fused-ring (bicyclic) bond motifs is 2. The highest BCUT2D eigenvalue weighted by Crippen LogP contribution is 2.36. The van der Waals surface area contributed by atoms with Gasteiger partial charge >= 0.3 is 0 Å². The number of oxazole rings is 1. The molecular formula is C20H15N5O2. The van der Waals surface area contributed by atoms with E-state index < -0.39 is 0 Å². The maximum atomic E-state index is 9.08. The third kappa shape index (κ3) is 2.68. The Bertz CT molecular complexity index is 1160. The predicted octanol–water partition coefficient (Wildman–Crippen LogP) is 4.03. The van der Waals surface area contributed by atoms with Crippen molar-refractivity contribution < 1.29 is 9.15 Å². The Kier molecular flexibility index (Phi) is 3.54. The molecule has 2 N–H and O–H groups in total. The van der Waals surface area contributed by atoms with Gasteiger partial charge in [-0.15, -0.1) is 0 Å². The summed E-state index contributed by atoms with van der Waals surface area (Å²) < 4.78 is 11.1. The van der Waals surface area contributed by atoms with Crippen molar-refractivity contribution in [3.05, 3.63) is 60.1 Å². The molecule has 5 rings (SSSR count). The molecule has 3 heterocycles. The maximum absolute atomic E-state index is 9.08. The molecule has 4 aromatic rings. The minimum Gasteiger partial charge on any atom is -0.493 e. The monoisotopic (exact) mass is 357 g/mol. The molecule has 0 saturated carbocycles. The summed E-state index contributed by atoms with van der Waals surface area (Å²) in [5, 5.41) is 21.0. The van der Waals surface area contributed by atoms with Crippen molar-refractivity contribution in [1.29, 1.82) is 5.26 Å². The number of H-pyrrole nitrogens is 1. The van der Waals surface area contributed by atoms with Crippen LogP contribution in [-0.4, -0.2) is 21.8 Å². The molecule has 0 amide bonds. The Morgan fingerprint density at radius 2 is 2.19 bits per heavy atom. The summed E-state index contributed by atoms with van der Waals surface area (Å²) in [6.45, 7) is 0.608. The lowest BCUT2D eigenvalue weighted by Gasteiger charge is -2.27. The summed E-state index contributed by atoms with van der Waals surface area (Å²) in [5.41, 5.74) is 4.30. The fourth-order valence-corrected chi connectivity index (χ4v) is 3.43. The lowest BCUT2D eigenvalue weighted by atomic mass is 9.98. The number of aromatic amines is 1. The van der Waals surface area contributed by atoms with Gasteiger partial charge in [0.15, 0.2) is 12.2 Å². The fourth-order valence-electron chi connectivity index (χ4n) is 3.43. The van der Waals surface area contributed by atoms with Crippen LogP contribution in [0.2, 0.25) is 0 Å². The molecule has 0 radical (unpaired) electrons. The van der Waals surface area contributed by atoms with E-state index in [-0.39, 0.29) is 6.04 Å². The minimum absolute atomic E-state index is 0.111. The number of rotatable bonds is 3. The fraction of sp³-hybridized carbons (Fsp3) is 0.150. The average molecular weight is 357 g/mol. The summed E-state index contributed by atoms with van der Waals surface area (Å²) >= 11 is 0. The first kappa shape index (κ1) is 15.5. The maximum Gasteiger partial charge on any atom is 0.181 e. The van der Waals surface area contributed by atoms with E-state index in [0.717, 1.165) is 40.0 Å². The van der Waals surface area contributed by atoms with Gasteiger partial charge in [-0.1, -0.05) is 6.07 Å². The van der Waals surface area contributed by atoms with Crippen LogP contribution in [0.25, 0.3) is 22.4 Å². The van der Waals surface area contributed by atoms with Gasteiger partial charge in [-0.25, -0.2) is 4.98 Å². The molecule has 2 aromatic carbocycles. The molecule has 0 aliphatic carbocycles. The number of anilines is 1. The van der Waals surface area contributed by atoms with Gasteiger partial charge in [-0.2, -0.15) is 10.4 Å². The van der Waals surface area contributed by atoms with Crippen LogP contribution < -0.4 is 10.1 Å². The van der Waals surface area contributed by atoms with Gasteiger partial charge < -0.3 is 14.5 Å². The molecule has 0 spiro atoms. The van der Waals surface area contributed by atoms with E-state index in [2.05, 4.69) is 32.6 Å². The zero-order chi connectivity index (χ0) is 18.2. The van der Waals surface area contributed by atoms with E-state index in [1.807, 2.05) is 24.3 Å². The lowest BCUT2D eigenvalue weighted by molar-refractivity contribution is 0.274. The van der Waals surface area contributed by atoms with E-state index in [9.17, 15) is 0 Å². The standard InChI is InChI=1S/C20H15N5O2/c21-9-12-1-3-14-16(5-6-26-18(14)7-12)23-13-2-4-17-15(8-13)20(25-24-17)19-10-22-11-27-19/h1-4,7-8,10-11,16,23H,5-6H2,(H,24,25). The molecule has 27 heavy (non-hydrogen) atoms. The summed E-state index contributed by atoms with van der Waals surface area (Å²) in [7, 11) is 0. The molecular weight excluding hydrogens is 342 g/mol.